The Morgan fingerprint density at radius 1 is 1.10 bits per heavy atom. The van der Waals surface area contributed by atoms with E-state index in [2.05, 4.69) is 12.0 Å². The predicted molar refractivity (Wildman–Crippen MR) is 113 cm³/mol. The van der Waals surface area contributed by atoms with E-state index in [1.165, 1.54) is 38.5 Å². The smallest absolute Gasteiger partial charge is 0.157 e. The molecule has 4 aliphatic carbocycles. The molecule has 0 amide bonds. The molecule has 8 atom stereocenters. The molecule has 4 nitrogen and oxygen atoms in total. The molecule has 4 heteroatoms. The zero-order chi connectivity index (χ0) is 20.4. The lowest BCUT2D eigenvalue weighted by molar-refractivity contribution is -0.133. The summed E-state index contributed by atoms with van der Waals surface area (Å²) in [6, 6.07) is 1.98. The minimum atomic E-state index is -0.438. The summed E-state index contributed by atoms with van der Waals surface area (Å²) >= 11 is 0. The van der Waals surface area contributed by atoms with Crippen LogP contribution in [-0.2, 0) is 11.3 Å². The molecule has 4 fully saturated rings. The summed E-state index contributed by atoms with van der Waals surface area (Å²) in [5.41, 5.74) is 0.734. The molecule has 4 aliphatic rings. The van der Waals surface area contributed by atoms with E-state index in [0.717, 1.165) is 54.5 Å². The number of aryl methyl sites for hydroxylation is 1. The van der Waals surface area contributed by atoms with Crippen LogP contribution in [0.5, 0.6) is 0 Å². The van der Waals surface area contributed by atoms with Crippen LogP contribution in [0.4, 0.5) is 0 Å². The Morgan fingerprint density at radius 3 is 2.66 bits per heavy atom. The molecule has 0 bridgehead atoms. The molecular formula is C25H38N2O2. The SMILES string of the molecule is Cc1ccn(CC(=O)[C@H]2CC[C@H]3[C@@H]4CC[C@@H]5C[C@](C)(O)CC[C@@H]5[C@H]4CC[C@]23C)n1. The Labute approximate surface area is 175 Å². The number of hydrogen-bond donors (Lipinski definition) is 1. The monoisotopic (exact) mass is 398 g/mol. The van der Waals surface area contributed by atoms with Crippen molar-refractivity contribution in [2.75, 3.05) is 0 Å². The van der Waals surface area contributed by atoms with E-state index < -0.39 is 5.60 Å². The van der Waals surface area contributed by atoms with E-state index >= 15 is 0 Å². The zero-order valence-electron chi connectivity index (χ0n) is 18.4. The molecular weight excluding hydrogens is 360 g/mol. The maximum Gasteiger partial charge on any atom is 0.157 e. The van der Waals surface area contributed by atoms with E-state index in [0.29, 0.717) is 12.3 Å². The zero-order valence-corrected chi connectivity index (χ0v) is 18.4. The van der Waals surface area contributed by atoms with E-state index in [1.54, 1.807) is 0 Å². The van der Waals surface area contributed by atoms with Crippen LogP contribution >= 0.6 is 0 Å². The summed E-state index contributed by atoms with van der Waals surface area (Å²) in [6.07, 6.45) is 12.6. The molecule has 0 aliphatic heterocycles. The molecule has 1 N–H and O–H groups in total. The van der Waals surface area contributed by atoms with Crippen LogP contribution in [-0.4, -0.2) is 26.3 Å². The number of aromatic nitrogens is 2. The van der Waals surface area contributed by atoms with Gasteiger partial charge >= 0.3 is 0 Å². The largest absolute Gasteiger partial charge is 0.390 e. The standard InChI is InChI=1S/C25H38N2O2/c1-16-10-13-27(26-16)15-23(28)22-7-6-21-20-5-4-17-14-24(2,29)11-8-18(17)19(20)9-12-25(21,22)3/h10,13,17-22,29H,4-9,11-12,14-15H2,1-3H3/t17-,18+,19-,20-,21+,22-,24-,25+/m1/s1. The fraction of sp³-hybridized carbons (Fsp3) is 0.840. The van der Waals surface area contributed by atoms with Crippen molar-refractivity contribution in [1.29, 1.82) is 0 Å². The molecule has 0 aromatic carbocycles. The van der Waals surface area contributed by atoms with Crippen LogP contribution in [0.25, 0.3) is 0 Å². The Kier molecular flexibility index (Phi) is 4.73. The highest BCUT2D eigenvalue weighted by atomic mass is 16.3. The van der Waals surface area contributed by atoms with Gasteiger partial charge in [0.05, 0.1) is 17.8 Å². The van der Waals surface area contributed by atoms with Crippen LogP contribution < -0.4 is 0 Å². The Hall–Kier alpha value is -1.16. The minimum Gasteiger partial charge on any atom is -0.390 e. The summed E-state index contributed by atoms with van der Waals surface area (Å²) in [5.74, 6) is 4.53. The van der Waals surface area contributed by atoms with E-state index in [-0.39, 0.29) is 11.3 Å². The number of rotatable bonds is 3. The number of hydrogen-bond acceptors (Lipinski definition) is 3. The molecule has 0 radical (unpaired) electrons. The van der Waals surface area contributed by atoms with Crippen LogP contribution in [0.3, 0.4) is 0 Å². The van der Waals surface area contributed by atoms with Crippen LogP contribution in [0.15, 0.2) is 12.3 Å². The van der Waals surface area contributed by atoms with Gasteiger partial charge in [0.15, 0.2) is 5.78 Å². The molecule has 1 aromatic heterocycles. The average Bonchev–Trinajstić information content (AvgIpc) is 3.22. The number of carbonyl (C=O) groups is 1. The second-order valence-corrected chi connectivity index (χ2v) is 11.5. The van der Waals surface area contributed by atoms with Crippen molar-refractivity contribution >= 4 is 5.78 Å². The summed E-state index contributed by atoms with van der Waals surface area (Å²) < 4.78 is 1.83. The Balaban J connectivity index is 1.31. The van der Waals surface area contributed by atoms with Crippen molar-refractivity contribution in [2.24, 2.45) is 40.9 Å². The highest BCUT2D eigenvalue weighted by Crippen LogP contribution is 2.64. The van der Waals surface area contributed by atoms with Crippen LogP contribution in [0, 0.1) is 47.8 Å². The summed E-state index contributed by atoms with van der Waals surface area (Å²) in [7, 11) is 0. The maximum absolute atomic E-state index is 13.3. The van der Waals surface area contributed by atoms with E-state index in [4.69, 9.17) is 0 Å². The fourth-order valence-corrected chi connectivity index (χ4v) is 8.43. The van der Waals surface area contributed by atoms with Crippen LogP contribution in [0.2, 0.25) is 0 Å². The van der Waals surface area contributed by atoms with Gasteiger partial charge in [-0.05, 0) is 113 Å². The molecule has 1 heterocycles. The third-order valence-corrected chi connectivity index (χ3v) is 9.72. The summed E-state index contributed by atoms with van der Waals surface area (Å²) in [5, 5.41) is 15.0. The molecule has 0 saturated heterocycles. The number of fused-ring (bicyclic) bond motifs is 5. The molecule has 160 valence electrons. The topological polar surface area (TPSA) is 55.1 Å². The first kappa shape index (κ1) is 19.8. The number of ketones is 1. The van der Waals surface area contributed by atoms with Gasteiger partial charge in [-0.3, -0.25) is 9.48 Å². The quantitative estimate of drug-likeness (QED) is 0.797. The normalized spacial score (nSPS) is 46.6. The van der Waals surface area contributed by atoms with Gasteiger partial charge in [-0.15, -0.1) is 0 Å². The molecule has 5 rings (SSSR count). The second kappa shape index (κ2) is 6.93. The van der Waals surface area contributed by atoms with Crippen molar-refractivity contribution in [3.05, 3.63) is 18.0 Å². The molecule has 4 saturated carbocycles. The molecule has 0 spiro atoms. The van der Waals surface area contributed by atoms with Gasteiger partial charge in [-0.2, -0.15) is 5.10 Å². The minimum absolute atomic E-state index is 0.188. The second-order valence-electron chi connectivity index (χ2n) is 11.5. The van der Waals surface area contributed by atoms with Crippen molar-refractivity contribution < 1.29 is 9.90 Å². The summed E-state index contributed by atoms with van der Waals surface area (Å²) in [4.78, 5) is 13.3. The Morgan fingerprint density at radius 2 is 1.90 bits per heavy atom. The van der Waals surface area contributed by atoms with Gasteiger partial charge in [-0.1, -0.05) is 6.92 Å². The van der Waals surface area contributed by atoms with Gasteiger partial charge in [0, 0.05) is 12.1 Å². The lowest BCUT2D eigenvalue weighted by Gasteiger charge is -2.56. The lowest BCUT2D eigenvalue weighted by Crippen LogP contribution is -2.51. The molecule has 29 heavy (non-hydrogen) atoms. The first-order valence-electron chi connectivity index (χ1n) is 12.0. The van der Waals surface area contributed by atoms with Gasteiger partial charge in [0.25, 0.3) is 0 Å². The summed E-state index contributed by atoms with van der Waals surface area (Å²) in [6.45, 7) is 6.90. The van der Waals surface area contributed by atoms with E-state index in [9.17, 15) is 9.90 Å². The van der Waals surface area contributed by atoms with Gasteiger partial charge in [0.1, 0.15) is 0 Å². The number of aliphatic hydroxyl groups is 1. The third-order valence-electron chi connectivity index (χ3n) is 9.72. The van der Waals surface area contributed by atoms with E-state index in [1.807, 2.05) is 30.8 Å². The van der Waals surface area contributed by atoms with Crippen molar-refractivity contribution in [1.82, 2.24) is 9.78 Å². The van der Waals surface area contributed by atoms with Gasteiger partial charge in [0.2, 0.25) is 0 Å². The molecule has 1 aromatic rings. The first-order valence-corrected chi connectivity index (χ1v) is 12.0. The van der Waals surface area contributed by atoms with Gasteiger partial charge < -0.3 is 5.11 Å². The fourth-order valence-electron chi connectivity index (χ4n) is 8.43. The van der Waals surface area contributed by atoms with Crippen molar-refractivity contribution in [2.45, 2.75) is 90.7 Å². The van der Waals surface area contributed by atoms with Crippen molar-refractivity contribution in [3.8, 4) is 0 Å². The highest BCUT2D eigenvalue weighted by Gasteiger charge is 2.58. The highest BCUT2D eigenvalue weighted by molar-refractivity contribution is 5.82. The van der Waals surface area contributed by atoms with Crippen molar-refractivity contribution in [3.63, 3.8) is 0 Å². The van der Waals surface area contributed by atoms with Gasteiger partial charge in [-0.25, -0.2) is 0 Å². The Bertz CT molecular complexity index is 784. The predicted octanol–water partition coefficient (Wildman–Crippen LogP) is 4.78. The third kappa shape index (κ3) is 3.30. The average molecular weight is 399 g/mol. The maximum atomic E-state index is 13.3. The van der Waals surface area contributed by atoms with Crippen LogP contribution in [0.1, 0.15) is 77.3 Å². The first-order chi connectivity index (χ1) is 13.8. The number of Topliss-reactive ketones (excluding diaryl/α,β-unsaturated/α-hetero) is 1. The molecule has 0 unspecified atom stereocenters. The lowest BCUT2D eigenvalue weighted by atomic mass is 9.49. The number of nitrogens with zero attached hydrogens (tertiary/aromatic N) is 2. The number of carbonyl (C=O) groups excluding carboxylic acids is 1.